The first-order valence-electron chi connectivity index (χ1n) is 11.3. The molecule has 0 saturated carbocycles. The third kappa shape index (κ3) is 4.44. The summed E-state index contributed by atoms with van der Waals surface area (Å²) in [7, 11) is 0. The molecule has 1 aliphatic carbocycles. The molecule has 0 bridgehead atoms. The lowest BCUT2D eigenvalue weighted by Crippen LogP contribution is -2.23. The molecule has 2 aromatic carbocycles. The van der Waals surface area contributed by atoms with Crippen LogP contribution in [0.5, 0.6) is 11.5 Å². The first kappa shape index (κ1) is 19.0. The first-order valence-corrected chi connectivity index (χ1v) is 11.3. The van der Waals surface area contributed by atoms with Gasteiger partial charge in [0.1, 0.15) is 11.5 Å². The highest BCUT2D eigenvalue weighted by Crippen LogP contribution is 2.40. The Morgan fingerprint density at radius 2 is 1.24 bits per heavy atom. The van der Waals surface area contributed by atoms with E-state index in [1.807, 2.05) is 0 Å². The second kappa shape index (κ2) is 8.76. The molecular weight excluding hydrogens is 360 g/mol. The largest absolute Gasteiger partial charge is 0.494 e. The second-order valence-corrected chi connectivity index (χ2v) is 8.68. The molecule has 154 valence electrons. The Hall–Kier alpha value is -2.04. The molecule has 2 atom stereocenters. The van der Waals surface area contributed by atoms with E-state index in [1.54, 1.807) is 0 Å². The molecule has 0 radical (unpaired) electrons. The molecule has 4 nitrogen and oxygen atoms in total. The summed E-state index contributed by atoms with van der Waals surface area (Å²) < 4.78 is 12.1. The zero-order valence-corrected chi connectivity index (χ0v) is 17.2. The Kier molecular flexibility index (Phi) is 5.73. The number of nitrogens with one attached hydrogen (secondary N) is 2. The number of rotatable bonds is 8. The van der Waals surface area contributed by atoms with Crippen LogP contribution in [0.2, 0.25) is 0 Å². The van der Waals surface area contributed by atoms with Crippen molar-refractivity contribution in [3.63, 3.8) is 0 Å². The maximum atomic E-state index is 6.05. The van der Waals surface area contributed by atoms with Crippen molar-refractivity contribution in [2.24, 2.45) is 0 Å². The first-order chi connectivity index (χ1) is 14.3. The Morgan fingerprint density at radius 1 is 0.724 bits per heavy atom. The lowest BCUT2D eigenvalue weighted by atomic mass is 10.1. The molecule has 29 heavy (non-hydrogen) atoms. The number of hydrogen-bond acceptors (Lipinski definition) is 4. The molecule has 2 aromatic rings. The average Bonchev–Trinajstić information content (AvgIpc) is 3.48. The van der Waals surface area contributed by atoms with E-state index in [2.05, 4.69) is 47.0 Å². The van der Waals surface area contributed by atoms with Gasteiger partial charge in [-0.25, -0.2) is 0 Å². The van der Waals surface area contributed by atoms with Crippen LogP contribution in [0.4, 0.5) is 0 Å². The quantitative estimate of drug-likeness (QED) is 0.600. The minimum Gasteiger partial charge on any atom is -0.494 e. The van der Waals surface area contributed by atoms with Crippen molar-refractivity contribution in [2.45, 2.75) is 57.0 Å². The van der Waals surface area contributed by atoms with E-state index in [1.165, 1.54) is 47.9 Å². The standard InChI is InChI=1S/C25H32N2O2/c1-3-20(26-11-1)9-13-28-22-5-7-24-18(16-22)15-19-17-23(6-8-25(19)24)29-14-10-21-4-2-12-27-21/h5-8,16-17,20-21,26-27H,1-4,9-15H2. The van der Waals surface area contributed by atoms with E-state index in [0.717, 1.165) is 57.1 Å². The van der Waals surface area contributed by atoms with Gasteiger partial charge in [0.05, 0.1) is 13.2 Å². The Labute approximate surface area is 174 Å². The zero-order chi connectivity index (χ0) is 19.5. The number of benzene rings is 2. The van der Waals surface area contributed by atoms with Crippen LogP contribution in [0, 0.1) is 0 Å². The summed E-state index contributed by atoms with van der Waals surface area (Å²) >= 11 is 0. The van der Waals surface area contributed by atoms with E-state index in [-0.39, 0.29) is 0 Å². The minimum absolute atomic E-state index is 0.636. The van der Waals surface area contributed by atoms with Crippen LogP contribution in [0.25, 0.3) is 11.1 Å². The number of fused-ring (bicyclic) bond motifs is 3. The van der Waals surface area contributed by atoms with Crippen LogP contribution in [-0.2, 0) is 6.42 Å². The summed E-state index contributed by atoms with van der Waals surface area (Å²) in [6.07, 6.45) is 8.31. The Morgan fingerprint density at radius 3 is 1.69 bits per heavy atom. The van der Waals surface area contributed by atoms with Crippen molar-refractivity contribution in [2.75, 3.05) is 26.3 Å². The van der Waals surface area contributed by atoms with Gasteiger partial charge in [0, 0.05) is 12.1 Å². The van der Waals surface area contributed by atoms with Gasteiger partial charge in [-0.3, -0.25) is 0 Å². The fourth-order valence-corrected chi connectivity index (χ4v) is 4.99. The normalized spacial score (nSPS) is 22.5. The predicted octanol–water partition coefficient (Wildman–Crippen LogP) is 4.30. The number of ether oxygens (including phenoxy) is 2. The molecule has 0 amide bonds. The predicted molar refractivity (Wildman–Crippen MR) is 117 cm³/mol. The van der Waals surface area contributed by atoms with Gasteiger partial charge in [-0.05, 0) is 105 Å². The lowest BCUT2D eigenvalue weighted by Gasteiger charge is -2.12. The smallest absolute Gasteiger partial charge is 0.119 e. The number of hydrogen-bond donors (Lipinski definition) is 2. The summed E-state index contributed by atoms with van der Waals surface area (Å²) in [4.78, 5) is 0. The summed E-state index contributed by atoms with van der Waals surface area (Å²) in [5.41, 5.74) is 5.41. The maximum absolute atomic E-state index is 6.05. The molecule has 2 fully saturated rings. The summed E-state index contributed by atoms with van der Waals surface area (Å²) in [6.45, 7) is 3.89. The van der Waals surface area contributed by atoms with Crippen molar-refractivity contribution in [1.29, 1.82) is 0 Å². The van der Waals surface area contributed by atoms with Crippen LogP contribution in [0.3, 0.4) is 0 Å². The highest BCUT2D eigenvalue weighted by Gasteiger charge is 2.20. The average molecular weight is 393 g/mol. The van der Waals surface area contributed by atoms with Crippen molar-refractivity contribution >= 4 is 0 Å². The highest BCUT2D eigenvalue weighted by molar-refractivity contribution is 5.78. The molecule has 2 saturated heterocycles. The second-order valence-electron chi connectivity index (χ2n) is 8.68. The van der Waals surface area contributed by atoms with Gasteiger partial charge in [0.25, 0.3) is 0 Å². The van der Waals surface area contributed by atoms with Gasteiger partial charge in [-0.1, -0.05) is 12.1 Å². The van der Waals surface area contributed by atoms with Gasteiger partial charge in [-0.15, -0.1) is 0 Å². The molecule has 5 rings (SSSR count). The summed E-state index contributed by atoms with van der Waals surface area (Å²) in [6, 6.07) is 14.4. The monoisotopic (exact) mass is 392 g/mol. The van der Waals surface area contributed by atoms with Crippen LogP contribution in [-0.4, -0.2) is 38.4 Å². The van der Waals surface area contributed by atoms with Crippen LogP contribution in [0.15, 0.2) is 36.4 Å². The molecule has 0 spiro atoms. The van der Waals surface area contributed by atoms with Crippen LogP contribution < -0.4 is 20.1 Å². The van der Waals surface area contributed by atoms with Crippen molar-refractivity contribution in [3.8, 4) is 22.6 Å². The van der Waals surface area contributed by atoms with Crippen molar-refractivity contribution in [1.82, 2.24) is 10.6 Å². The minimum atomic E-state index is 0.636. The Bertz CT molecular complexity index is 769. The van der Waals surface area contributed by atoms with Crippen molar-refractivity contribution < 1.29 is 9.47 Å². The van der Waals surface area contributed by atoms with E-state index in [0.29, 0.717) is 12.1 Å². The third-order valence-electron chi connectivity index (χ3n) is 6.62. The molecule has 2 heterocycles. The molecule has 2 aliphatic heterocycles. The fourth-order valence-electron chi connectivity index (χ4n) is 4.99. The van der Waals surface area contributed by atoms with Gasteiger partial charge >= 0.3 is 0 Å². The summed E-state index contributed by atoms with van der Waals surface area (Å²) in [5.74, 6) is 1.99. The van der Waals surface area contributed by atoms with Crippen LogP contribution >= 0.6 is 0 Å². The van der Waals surface area contributed by atoms with Crippen molar-refractivity contribution in [3.05, 3.63) is 47.5 Å². The van der Waals surface area contributed by atoms with Gasteiger partial charge in [0.15, 0.2) is 0 Å². The zero-order valence-electron chi connectivity index (χ0n) is 17.2. The van der Waals surface area contributed by atoms with Crippen LogP contribution in [0.1, 0.15) is 49.7 Å². The van der Waals surface area contributed by atoms with E-state index in [9.17, 15) is 0 Å². The molecule has 3 aliphatic rings. The molecule has 4 heteroatoms. The van der Waals surface area contributed by atoms with Gasteiger partial charge in [0.2, 0.25) is 0 Å². The Balaban J connectivity index is 1.17. The van der Waals surface area contributed by atoms with E-state index >= 15 is 0 Å². The van der Waals surface area contributed by atoms with Gasteiger partial charge in [-0.2, -0.15) is 0 Å². The van der Waals surface area contributed by atoms with E-state index in [4.69, 9.17) is 9.47 Å². The lowest BCUT2D eigenvalue weighted by molar-refractivity contribution is 0.292. The molecular formula is C25H32N2O2. The third-order valence-corrected chi connectivity index (χ3v) is 6.62. The topological polar surface area (TPSA) is 42.5 Å². The fraction of sp³-hybridized carbons (Fsp3) is 0.520. The van der Waals surface area contributed by atoms with E-state index < -0.39 is 0 Å². The highest BCUT2D eigenvalue weighted by atomic mass is 16.5. The SMILES string of the molecule is c1cc2c(cc1OCCC1CCCN1)Cc1cc(OCCC3CCCN3)ccc1-2. The van der Waals surface area contributed by atoms with Gasteiger partial charge < -0.3 is 20.1 Å². The molecule has 0 aromatic heterocycles. The molecule has 2 N–H and O–H groups in total. The maximum Gasteiger partial charge on any atom is 0.119 e. The summed E-state index contributed by atoms with van der Waals surface area (Å²) in [5, 5.41) is 7.07. The molecule has 2 unspecified atom stereocenters.